The van der Waals surface area contributed by atoms with Gasteiger partial charge in [-0.05, 0) is 44.2 Å². The average molecular weight is 381 g/mol. The number of aryl methyl sites for hydroxylation is 2. The topological polar surface area (TPSA) is 84.4 Å². The van der Waals surface area contributed by atoms with Crippen molar-refractivity contribution in [2.24, 2.45) is 0 Å². The second-order valence-corrected chi connectivity index (χ2v) is 6.62. The number of carbonyl (C=O) groups excluding carboxylic acids is 1. The lowest BCUT2D eigenvalue weighted by Crippen LogP contribution is -2.36. The van der Waals surface area contributed by atoms with Gasteiger partial charge in [0.1, 0.15) is 12.4 Å². The molecule has 1 amide bonds. The van der Waals surface area contributed by atoms with Crippen LogP contribution in [0.5, 0.6) is 5.75 Å². The van der Waals surface area contributed by atoms with E-state index in [2.05, 4.69) is 4.98 Å². The van der Waals surface area contributed by atoms with Crippen molar-refractivity contribution in [2.45, 2.75) is 20.4 Å². The summed E-state index contributed by atoms with van der Waals surface area (Å²) in [5.74, 6) is 0.566. The van der Waals surface area contributed by atoms with E-state index in [9.17, 15) is 14.4 Å². The summed E-state index contributed by atoms with van der Waals surface area (Å²) in [6.45, 7) is 4.96. The highest BCUT2D eigenvalue weighted by Gasteiger charge is 2.14. The molecule has 0 unspecified atom stereocenters. The van der Waals surface area contributed by atoms with Gasteiger partial charge < -0.3 is 19.2 Å². The number of aromatic nitrogens is 2. The molecule has 0 spiro atoms. The van der Waals surface area contributed by atoms with E-state index in [1.165, 1.54) is 4.57 Å². The van der Waals surface area contributed by atoms with Gasteiger partial charge in [-0.2, -0.15) is 0 Å². The quantitative estimate of drug-likeness (QED) is 0.663. The van der Waals surface area contributed by atoms with Gasteiger partial charge in [0.15, 0.2) is 0 Å². The van der Waals surface area contributed by atoms with Gasteiger partial charge in [-0.1, -0.05) is 17.7 Å². The van der Waals surface area contributed by atoms with Crippen molar-refractivity contribution in [2.75, 3.05) is 20.2 Å². The number of carbonyl (C=O) groups is 1. The number of likely N-dealkylation sites (N-methyl/N-ethyl adjacent to an activating group) is 1. The second kappa shape index (κ2) is 8.12. The minimum Gasteiger partial charge on any atom is -0.492 e. The molecule has 0 saturated heterocycles. The van der Waals surface area contributed by atoms with Crippen molar-refractivity contribution in [3.8, 4) is 5.75 Å². The molecule has 1 aromatic heterocycles. The smallest absolute Gasteiger partial charge is 0.316 e. The number of ether oxygens (including phenoxy) is 1. The Morgan fingerprint density at radius 2 is 1.86 bits per heavy atom. The summed E-state index contributed by atoms with van der Waals surface area (Å²) < 4.78 is 7.06. The van der Waals surface area contributed by atoms with E-state index in [1.807, 2.05) is 31.2 Å². The van der Waals surface area contributed by atoms with Gasteiger partial charge in [0.25, 0.3) is 5.91 Å². The largest absolute Gasteiger partial charge is 0.492 e. The molecule has 0 saturated carbocycles. The summed E-state index contributed by atoms with van der Waals surface area (Å²) in [5.41, 5.74) is 1.35. The van der Waals surface area contributed by atoms with Crippen molar-refractivity contribution in [3.05, 3.63) is 74.3 Å². The van der Waals surface area contributed by atoms with Crippen molar-refractivity contribution in [3.63, 3.8) is 0 Å². The zero-order valence-corrected chi connectivity index (χ0v) is 16.2. The van der Waals surface area contributed by atoms with E-state index in [4.69, 9.17) is 4.74 Å². The van der Waals surface area contributed by atoms with E-state index >= 15 is 0 Å². The lowest BCUT2D eigenvalue weighted by Gasteiger charge is -2.18. The lowest BCUT2D eigenvalue weighted by atomic mass is 10.1. The number of hydrogen-bond donors (Lipinski definition) is 1. The van der Waals surface area contributed by atoms with Crippen LogP contribution in [-0.4, -0.2) is 40.6 Å². The first-order chi connectivity index (χ1) is 13.4. The number of amides is 1. The Morgan fingerprint density at radius 1 is 1.14 bits per heavy atom. The van der Waals surface area contributed by atoms with Crippen LogP contribution in [0.2, 0.25) is 0 Å². The maximum Gasteiger partial charge on any atom is 0.316 e. The lowest BCUT2D eigenvalue weighted by molar-refractivity contribution is 0.0774. The molecule has 146 valence electrons. The van der Waals surface area contributed by atoms with Gasteiger partial charge in [-0.25, -0.2) is 0 Å². The number of hydrogen-bond acceptors (Lipinski definition) is 4. The third kappa shape index (κ3) is 3.98. The zero-order chi connectivity index (χ0) is 20.3. The number of H-pyrrole nitrogens is 1. The summed E-state index contributed by atoms with van der Waals surface area (Å²) in [6.07, 6.45) is 0. The van der Waals surface area contributed by atoms with Crippen LogP contribution in [0.1, 0.15) is 22.8 Å². The standard InChI is InChI=1S/C21H23N3O4/c1-4-24-18-10-7-15(13-17(18)22-19(25)21(24)27)20(26)23(3)11-12-28-16-8-5-14(2)6-9-16/h5-10,13H,4,11-12H2,1-3H3,(H,22,25). The number of benzene rings is 2. The van der Waals surface area contributed by atoms with Gasteiger partial charge in [0.2, 0.25) is 0 Å². The summed E-state index contributed by atoms with van der Waals surface area (Å²) >= 11 is 0. The fourth-order valence-electron chi connectivity index (χ4n) is 2.98. The molecule has 0 bridgehead atoms. The van der Waals surface area contributed by atoms with Gasteiger partial charge >= 0.3 is 11.1 Å². The number of nitrogens with zero attached hydrogens (tertiary/aromatic N) is 2. The maximum atomic E-state index is 12.7. The van der Waals surface area contributed by atoms with E-state index < -0.39 is 11.1 Å². The van der Waals surface area contributed by atoms with Crippen molar-refractivity contribution in [1.29, 1.82) is 0 Å². The highest BCUT2D eigenvalue weighted by molar-refractivity contribution is 5.97. The number of rotatable bonds is 6. The molecule has 3 aromatic rings. The molecular weight excluding hydrogens is 358 g/mol. The summed E-state index contributed by atoms with van der Waals surface area (Å²) in [4.78, 5) is 40.6. The average Bonchev–Trinajstić information content (AvgIpc) is 2.69. The Hall–Kier alpha value is -3.35. The molecule has 2 aromatic carbocycles. The van der Waals surface area contributed by atoms with Crippen LogP contribution in [0.15, 0.2) is 52.1 Å². The highest BCUT2D eigenvalue weighted by Crippen LogP contribution is 2.14. The van der Waals surface area contributed by atoms with Gasteiger partial charge in [-0.15, -0.1) is 0 Å². The molecule has 28 heavy (non-hydrogen) atoms. The Bertz CT molecular complexity index is 1110. The first kappa shape index (κ1) is 19.4. The summed E-state index contributed by atoms with van der Waals surface area (Å²) in [6, 6.07) is 12.7. The third-order valence-corrected chi connectivity index (χ3v) is 4.60. The molecule has 0 aliphatic heterocycles. The predicted octanol–water partition coefficient (Wildman–Crippen LogP) is 2.17. The van der Waals surface area contributed by atoms with Crippen molar-refractivity contribution in [1.82, 2.24) is 14.5 Å². The fraction of sp³-hybridized carbons (Fsp3) is 0.286. The van der Waals surface area contributed by atoms with E-state index in [1.54, 1.807) is 37.1 Å². The van der Waals surface area contributed by atoms with E-state index in [0.717, 1.165) is 11.3 Å². The van der Waals surface area contributed by atoms with Crippen molar-refractivity contribution >= 4 is 16.9 Å². The van der Waals surface area contributed by atoms with Gasteiger partial charge in [-0.3, -0.25) is 14.4 Å². The molecule has 0 atom stereocenters. The Balaban J connectivity index is 1.73. The van der Waals surface area contributed by atoms with E-state index in [0.29, 0.717) is 36.3 Å². The van der Waals surface area contributed by atoms with Gasteiger partial charge in [0, 0.05) is 19.2 Å². The molecular formula is C21H23N3O4. The summed E-state index contributed by atoms with van der Waals surface area (Å²) in [7, 11) is 1.70. The molecule has 7 nitrogen and oxygen atoms in total. The first-order valence-corrected chi connectivity index (χ1v) is 9.12. The molecule has 0 aliphatic rings. The molecule has 0 fully saturated rings. The monoisotopic (exact) mass is 381 g/mol. The molecule has 0 radical (unpaired) electrons. The van der Waals surface area contributed by atoms with Crippen LogP contribution in [0.4, 0.5) is 0 Å². The molecule has 1 N–H and O–H groups in total. The normalized spacial score (nSPS) is 10.8. The molecule has 3 rings (SSSR count). The Kier molecular flexibility index (Phi) is 5.63. The van der Waals surface area contributed by atoms with Crippen LogP contribution in [0, 0.1) is 6.92 Å². The fourth-order valence-corrected chi connectivity index (χ4v) is 2.98. The van der Waals surface area contributed by atoms with Crippen LogP contribution in [0.25, 0.3) is 11.0 Å². The van der Waals surface area contributed by atoms with Crippen molar-refractivity contribution < 1.29 is 9.53 Å². The second-order valence-electron chi connectivity index (χ2n) is 6.62. The molecule has 1 heterocycles. The van der Waals surface area contributed by atoms with Crippen LogP contribution in [0.3, 0.4) is 0 Å². The SMILES string of the molecule is CCn1c(=O)c(=O)[nH]c2cc(C(=O)N(C)CCOc3ccc(C)cc3)ccc21. The molecule has 0 aliphatic carbocycles. The number of aromatic amines is 1. The highest BCUT2D eigenvalue weighted by atomic mass is 16.5. The van der Waals surface area contributed by atoms with Gasteiger partial charge in [0.05, 0.1) is 17.6 Å². The minimum absolute atomic E-state index is 0.190. The number of nitrogens with one attached hydrogen (secondary N) is 1. The van der Waals surface area contributed by atoms with Crippen LogP contribution < -0.4 is 15.9 Å². The Labute approximate surface area is 162 Å². The zero-order valence-electron chi connectivity index (χ0n) is 16.2. The predicted molar refractivity (Wildman–Crippen MR) is 108 cm³/mol. The third-order valence-electron chi connectivity index (χ3n) is 4.60. The Morgan fingerprint density at radius 3 is 2.54 bits per heavy atom. The molecule has 7 heteroatoms. The maximum absolute atomic E-state index is 12.7. The van der Waals surface area contributed by atoms with E-state index in [-0.39, 0.29) is 5.91 Å². The first-order valence-electron chi connectivity index (χ1n) is 9.12. The number of fused-ring (bicyclic) bond motifs is 1. The van der Waals surface area contributed by atoms with Crippen LogP contribution in [-0.2, 0) is 6.54 Å². The summed E-state index contributed by atoms with van der Waals surface area (Å²) in [5, 5.41) is 0. The minimum atomic E-state index is -0.696. The van der Waals surface area contributed by atoms with Crippen LogP contribution >= 0.6 is 0 Å².